The maximum Gasteiger partial charge on any atom is 0.573 e. The molecule has 5 rings (SSSR count). The van der Waals surface area contributed by atoms with Crippen LogP contribution in [0.25, 0.3) is 21.3 Å². The average Bonchev–Trinajstić information content (AvgIpc) is 3.42. The number of fused-ring (bicyclic) bond motifs is 2. The summed E-state index contributed by atoms with van der Waals surface area (Å²) in [6.45, 7) is -0.786. The van der Waals surface area contributed by atoms with Crippen molar-refractivity contribution in [3.8, 4) is 5.75 Å². The number of carbonyl (C=O) groups is 1. The van der Waals surface area contributed by atoms with Crippen LogP contribution in [-0.4, -0.2) is 60.1 Å². The lowest BCUT2D eigenvalue weighted by Gasteiger charge is -2.24. The van der Waals surface area contributed by atoms with Crippen LogP contribution in [0, 0.1) is 0 Å². The number of nitrogens with one attached hydrogen (secondary N) is 2. The van der Waals surface area contributed by atoms with Crippen LogP contribution in [0.4, 0.5) is 24.3 Å². The van der Waals surface area contributed by atoms with E-state index in [1.165, 1.54) is 30.3 Å². The van der Waals surface area contributed by atoms with E-state index in [9.17, 15) is 33.3 Å². The number of ether oxygens (including phenoxy) is 2. The van der Waals surface area contributed by atoms with Crippen molar-refractivity contribution in [2.75, 3.05) is 11.9 Å². The Kier molecular flexibility index (Phi) is 6.45. The highest BCUT2D eigenvalue weighted by atomic mass is 32.1. The van der Waals surface area contributed by atoms with Crippen molar-refractivity contribution in [2.24, 2.45) is 7.05 Å². The highest BCUT2D eigenvalue weighted by Crippen LogP contribution is 2.33. The van der Waals surface area contributed by atoms with Gasteiger partial charge < -0.3 is 45.1 Å². The summed E-state index contributed by atoms with van der Waals surface area (Å²) in [5.74, 6) is -2.94. The number of hydrogen-bond acceptors (Lipinski definition) is 11. The summed E-state index contributed by atoms with van der Waals surface area (Å²) >= 11 is 1.09. The second-order valence-corrected chi connectivity index (χ2v) is 9.17. The molecular formula is C23H18F3N5O7S. The Labute approximate surface area is 219 Å². The van der Waals surface area contributed by atoms with Crippen LogP contribution in [0.2, 0.25) is 0 Å². The van der Waals surface area contributed by atoms with Gasteiger partial charge in [-0.1, -0.05) is 11.3 Å². The zero-order valence-corrected chi connectivity index (χ0v) is 20.5. The van der Waals surface area contributed by atoms with Crippen molar-refractivity contribution in [2.45, 2.75) is 12.7 Å². The molecular weight excluding hydrogens is 547 g/mol. The number of benzene rings is 2. The molecule has 0 spiro atoms. The Morgan fingerprint density at radius 2 is 1.92 bits per heavy atom. The number of hydrogen-bond donors (Lipinski definition) is 6. The van der Waals surface area contributed by atoms with E-state index in [1.807, 2.05) is 0 Å². The second kappa shape index (κ2) is 9.64. The predicted octanol–water partition coefficient (Wildman–Crippen LogP) is 3.44. The van der Waals surface area contributed by atoms with Crippen molar-refractivity contribution in [3.05, 3.63) is 64.9 Å². The van der Waals surface area contributed by atoms with Gasteiger partial charge in [-0.05, 0) is 30.3 Å². The van der Waals surface area contributed by atoms with Gasteiger partial charge in [0.05, 0.1) is 21.3 Å². The minimum atomic E-state index is -4.81. The minimum absolute atomic E-state index is 0.0910. The van der Waals surface area contributed by atoms with E-state index < -0.39 is 48.1 Å². The number of aliphatic hydroxyl groups is 4. The van der Waals surface area contributed by atoms with Crippen LogP contribution in [0.3, 0.4) is 0 Å². The van der Waals surface area contributed by atoms with Gasteiger partial charge >= 0.3 is 6.36 Å². The molecule has 0 bridgehead atoms. The van der Waals surface area contributed by atoms with E-state index >= 15 is 0 Å². The maximum absolute atomic E-state index is 12.8. The molecule has 204 valence electrons. The number of alkyl halides is 3. The summed E-state index contributed by atoms with van der Waals surface area (Å²) in [6.07, 6.45) is -6.66. The lowest BCUT2D eigenvalue weighted by Crippen LogP contribution is -2.36. The molecule has 3 heterocycles. The summed E-state index contributed by atoms with van der Waals surface area (Å²) in [5, 5.41) is 44.7. The quantitative estimate of drug-likeness (QED) is 0.204. The third-order valence-electron chi connectivity index (χ3n) is 5.59. The van der Waals surface area contributed by atoms with Crippen molar-refractivity contribution >= 4 is 49.6 Å². The number of imidazole rings is 1. The molecule has 4 aromatic rings. The molecule has 2 aromatic heterocycles. The number of carbonyl (C=O) groups excluding carboxylic acids is 1. The summed E-state index contributed by atoms with van der Waals surface area (Å²) in [6, 6.07) is 8.30. The number of aromatic nitrogens is 3. The van der Waals surface area contributed by atoms with Crippen LogP contribution in [0.15, 0.2) is 59.4 Å². The first-order valence-electron chi connectivity index (χ1n) is 11.0. The topological polar surface area (TPSA) is 171 Å². The Hall–Kier alpha value is -4.54. The fourth-order valence-electron chi connectivity index (χ4n) is 3.76. The van der Waals surface area contributed by atoms with E-state index in [2.05, 4.69) is 25.3 Å². The largest absolute Gasteiger partial charge is 0.573 e. The normalized spacial score (nSPS) is 16.1. The number of aryl methyl sites for hydroxylation is 1. The Morgan fingerprint density at radius 3 is 2.64 bits per heavy atom. The first kappa shape index (κ1) is 26.1. The molecule has 1 amide bonds. The van der Waals surface area contributed by atoms with Crippen molar-refractivity contribution < 1.29 is 47.9 Å². The second-order valence-electron chi connectivity index (χ2n) is 8.14. The van der Waals surface area contributed by atoms with Crippen LogP contribution in [-0.2, 0) is 11.8 Å². The summed E-state index contributed by atoms with van der Waals surface area (Å²) in [7, 11) is 1.70. The first-order chi connectivity index (χ1) is 18.4. The number of anilines is 2. The maximum atomic E-state index is 12.8. The third kappa shape index (κ3) is 5.12. The zero-order valence-electron chi connectivity index (χ0n) is 19.6. The predicted molar refractivity (Wildman–Crippen MR) is 131 cm³/mol. The molecule has 12 nitrogen and oxygen atoms in total. The number of nitrogens with zero attached hydrogens (tertiary/aromatic N) is 3. The van der Waals surface area contributed by atoms with E-state index in [0.717, 1.165) is 11.3 Å². The summed E-state index contributed by atoms with van der Waals surface area (Å²) in [5.41, 5.74) is 1.03. The van der Waals surface area contributed by atoms with Crippen LogP contribution < -0.4 is 15.4 Å². The minimum Gasteiger partial charge on any atom is -0.503 e. The van der Waals surface area contributed by atoms with Gasteiger partial charge in [0.2, 0.25) is 18.0 Å². The molecule has 0 fully saturated rings. The highest BCUT2D eigenvalue weighted by molar-refractivity contribution is 7.22. The standard InChI is InChI=1S/C23H18F3N5O7S/c1-31-13-5-2-9(19(35)29-16-18(34)17(33)14(8-32)37-20(16)36)6-12(13)27-21(31)30-22-28-11-4-3-10(7-15(11)39-22)38-23(24,25)26/h2-7,20,32-34,36H,8H2,1H3,(H,29,35)(H,27,28,30)/t20-/m0/s1. The molecule has 39 heavy (non-hydrogen) atoms. The molecule has 2 aromatic carbocycles. The van der Waals surface area contributed by atoms with E-state index in [0.29, 0.717) is 32.3 Å². The van der Waals surface area contributed by atoms with Crippen molar-refractivity contribution in [1.29, 1.82) is 0 Å². The molecule has 6 N–H and O–H groups in total. The number of rotatable bonds is 6. The first-order valence-corrected chi connectivity index (χ1v) is 11.8. The van der Waals surface area contributed by atoms with Gasteiger partial charge in [-0.3, -0.25) is 4.79 Å². The Bertz CT molecular complexity index is 1680. The van der Waals surface area contributed by atoms with Gasteiger partial charge in [0.15, 0.2) is 16.6 Å². The molecule has 0 radical (unpaired) electrons. The molecule has 1 aliphatic rings. The lowest BCUT2D eigenvalue weighted by atomic mass is 10.1. The van der Waals surface area contributed by atoms with Crippen molar-refractivity contribution in [3.63, 3.8) is 0 Å². The van der Waals surface area contributed by atoms with Gasteiger partial charge in [0.25, 0.3) is 5.91 Å². The van der Waals surface area contributed by atoms with Crippen molar-refractivity contribution in [1.82, 2.24) is 19.9 Å². The van der Waals surface area contributed by atoms with E-state index in [4.69, 9.17) is 9.84 Å². The molecule has 16 heteroatoms. The fourth-order valence-corrected chi connectivity index (χ4v) is 4.65. The fraction of sp³-hybridized carbons (Fsp3) is 0.174. The Balaban J connectivity index is 1.38. The smallest absolute Gasteiger partial charge is 0.503 e. The summed E-state index contributed by atoms with van der Waals surface area (Å²) < 4.78 is 48.5. The molecule has 1 aliphatic heterocycles. The number of amides is 1. The monoisotopic (exact) mass is 565 g/mol. The molecule has 0 aliphatic carbocycles. The lowest BCUT2D eigenvalue weighted by molar-refractivity contribution is -0.274. The number of halogens is 3. The highest BCUT2D eigenvalue weighted by Gasteiger charge is 2.32. The van der Waals surface area contributed by atoms with E-state index in [-0.39, 0.29) is 11.3 Å². The molecule has 0 saturated carbocycles. The SMILES string of the molecule is Cn1c(Nc2nc3ccc(OC(F)(F)F)cc3s2)nc2cc(C(=O)NC3=C(O)C(O)=C(CO)O[C@@H]3O)ccc21. The number of thiazole rings is 1. The third-order valence-corrected chi connectivity index (χ3v) is 6.53. The average molecular weight is 565 g/mol. The van der Waals surface area contributed by atoms with Gasteiger partial charge in [-0.2, -0.15) is 0 Å². The molecule has 0 unspecified atom stereocenters. The Morgan fingerprint density at radius 1 is 1.15 bits per heavy atom. The van der Waals surface area contributed by atoms with Gasteiger partial charge in [-0.25, -0.2) is 9.97 Å². The van der Waals surface area contributed by atoms with Crippen LogP contribution in [0.5, 0.6) is 5.75 Å². The van der Waals surface area contributed by atoms with Gasteiger partial charge in [0, 0.05) is 18.7 Å². The van der Waals surface area contributed by atoms with Gasteiger partial charge in [-0.15, -0.1) is 13.2 Å². The zero-order chi connectivity index (χ0) is 28.1. The van der Waals surface area contributed by atoms with E-state index in [1.54, 1.807) is 17.7 Å². The molecule has 0 saturated heterocycles. The number of aliphatic hydroxyl groups excluding tert-OH is 4. The molecule has 1 atom stereocenters. The van der Waals surface area contributed by atoms with Gasteiger partial charge in [0.1, 0.15) is 18.1 Å². The van der Waals surface area contributed by atoms with Crippen LogP contribution >= 0.6 is 11.3 Å². The summed E-state index contributed by atoms with van der Waals surface area (Å²) in [4.78, 5) is 21.6. The van der Waals surface area contributed by atoms with Crippen LogP contribution in [0.1, 0.15) is 10.4 Å².